The second-order valence-corrected chi connectivity index (χ2v) is 8.37. The summed E-state index contributed by atoms with van der Waals surface area (Å²) >= 11 is 0. The van der Waals surface area contributed by atoms with Crippen molar-refractivity contribution in [2.75, 3.05) is 7.11 Å². The summed E-state index contributed by atoms with van der Waals surface area (Å²) in [5.74, 6) is -3.06. The Hall–Kier alpha value is -1.50. The first kappa shape index (κ1) is 19.8. The van der Waals surface area contributed by atoms with Crippen LogP contribution in [-0.4, -0.2) is 69.4 Å². The van der Waals surface area contributed by atoms with Crippen molar-refractivity contribution in [1.29, 1.82) is 0 Å². The van der Waals surface area contributed by atoms with E-state index in [1.165, 1.54) is 6.92 Å². The summed E-state index contributed by atoms with van der Waals surface area (Å²) < 4.78 is 29.1. The molecule has 0 aromatic carbocycles. The molecule has 0 aliphatic carbocycles. The van der Waals surface area contributed by atoms with E-state index in [-0.39, 0.29) is 41.7 Å². The Morgan fingerprint density at radius 3 is 2.64 bits per heavy atom. The number of carbonyl (C=O) groups excluding carboxylic acids is 3. The minimum Gasteiger partial charge on any atom is -0.548 e. The summed E-state index contributed by atoms with van der Waals surface area (Å²) in [5.41, 5.74) is -0.133. The Morgan fingerprint density at radius 1 is 1.48 bits per heavy atom. The third-order valence-corrected chi connectivity index (χ3v) is 7.27. The fraction of sp³-hybridized carbons (Fsp3) is 0.583. The summed E-state index contributed by atoms with van der Waals surface area (Å²) in [7, 11) is -2.91. The number of aromatic nitrogens is 3. The molecule has 2 fully saturated rings. The van der Waals surface area contributed by atoms with Crippen molar-refractivity contribution in [3.63, 3.8) is 0 Å². The second kappa shape index (κ2) is 6.34. The molecule has 130 valence electrons. The summed E-state index contributed by atoms with van der Waals surface area (Å²) in [6.07, 6.45) is 0.799. The minimum atomic E-state index is -4.04. The SMILES string of the molecule is COC(=O)c1cnnn1C[C@@]1(C)[C@H](C(=O)[O-])N2C(=O)C[C@H]2S1(=O)=O.[Na+]. The Bertz CT molecular complexity index is 853. The molecule has 0 saturated carbocycles. The fourth-order valence-corrected chi connectivity index (χ4v) is 5.55. The predicted octanol–water partition coefficient (Wildman–Crippen LogP) is -6.07. The number of hydrogen-bond acceptors (Lipinski definition) is 9. The molecule has 0 spiro atoms. The van der Waals surface area contributed by atoms with Crippen LogP contribution in [0.4, 0.5) is 0 Å². The van der Waals surface area contributed by atoms with Crippen LogP contribution in [0.3, 0.4) is 0 Å². The van der Waals surface area contributed by atoms with E-state index in [9.17, 15) is 27.9 Å². The topological polar surface area (TPSA) is 152 Å². The van der Waals surface area contributed by atoms with Gasteiger partial charge in [-0.25, -0.2) is 17.9 Å². The number of amides is 1. The van der Waals surface area contributed by atoms with Crippen LogP contribution in [0.5, 0.6) is 0 Å². The number of esters is 1. The van der Waals surface area contributed by atoms with E-state index in [4.69, 9.17) is 0 Å². The molecule has 13 heteroatoms. The van der Waals surface area contributed by atoms with Crippen molar-refractivity contribution in [3.8, 4) is 0 Å². The third kappa shape index (κ3) is 2.58. The van der Waals surface area contributed by atoms with Crippen molar-refractivity contribution in [3.05, 3.63) is 11.9 Å². The molecule has 3 heterocycles. The first-order valence-corrected chi connectivity index (χ1v) is 8.42. The number of fused-ring (bicyclic) bond motifs is 1. The van der Waals surface area contributed by atoms with Crippen molar-refractivity contribution < 1.29 is 62.2 Å². The van der Waals surface area contributed by atoms with Crippen LogP contribution in [0.15, 0.2) is 6.20 Å². The predicted molar refractivity (Wildman–Crippen MR) is 72.7 cm³/mol. The average Bonchev–Trinajstić information content (AvgIpc) is 3.00. The maximum atomic E-state index is 12.8. The molecule has 1 aromatic heterocycles. The summed E-state index contributed by atoms with van der Waals surface area (Å²) in [6, 6.07) is -1.68. The maximum absolute atomic E-state index is 12.8. The van der Waals surface area contributed by atoms with Gasteiger partial charge in [0.05, 0.1) is 38.3 Å². The first-order valence-electron chi connectivity index (χ1n) is 6.87. The number of nitrogens with zero attached hydrogens (tertiary/aromatic N) is 4. The van der Waals surface area contributed by atoms with Crippen LogP contribution in [0.1, 0.15) is 23.8 Å². The molecule has 1 amide bonds. The Labute approximate surface area is 164 Å². The van der Waals surface area contributed by atoms with Gasteiger partial charge in [-0.3, -0.25) is 4.79 Å². The smallest absolute Gasteiger partial charge is 0.548 e. The standard InChI is InChI=1S/C12H14N4O7S.Na/c1-12(5-15-6(4-13-14-15)11(20)23-2)9(10(18)19)16-7(17)3-8(16)24(12,21)22;/h4,8-9H,3,5H2,1-2H3,(H,18,19);/q;+1/p-1/t8-,9+,12+;/m1./s1. The van der Waals surface area contributed by atoms with Crippen molar-refractivity contribution in [2.45, 2.75) is 36.1 Å². The number of methoxy groups -OCH3 is 1. The van der Waals surface area contributed by atoms with E-state index < -0.39 is 50.4 Å². The van der Waals surface area contributed by atoms with Gasteiger partial charge in [-0.15, -0.1) is 5.10 Å². The normalized spacial score (nSPS) is 29.4. The number of carboxylic acid groups (broad SMARTS) is 1. The number of β-lactam (4-membered cyclic amide) rings is 1. The van der Waals surface area contributed by atoms with E-state index in [0.29, 0.717) is 0 Å². The number of sulfone groups is 1. The zero-order chi connectivity index (χ0) is 17.9. The van der Waals surface area contributed by atoms with Crippen LogP contribution in [0, 0.1) is 0 Å². The van der Waals surface area contributed by atoms with E-state index in [2.05, 4.69) is 15.0 Å². The van der Waals surface area contributed by atoms with Gasteiger partial charge in [0.15, 0.2) is 15.5 Å². The molecule has 1 aromatic rings. The molecule has 2 aliphatic heterocycles. The van der Waals surface area contributed by atoms with Crippen molar-refractivity contribution in [1.82, 2.24) is 19.9 Å². The molecular weight excluding hydrogens is 367 g/mol. The average molecular weight is 380 g/mol. The van der Waals surface area contributed by atoms with Gasteiger partial charge in [0, 0.05) is 0 Å². The van der Waals surface area contributed by atoms with Gasteiger partial charge in [0.2, 0.25) is 5.91 Å². The number of aliphatic carboxylic acids is 1. The number of hydrogen-bond donors (Lipinski definition) is 0. The molecule has 3 atom stereocenters. The molecule has 25 heavy (non-hydrogen) atoms. The number of rotatable bonds is 4. The third-order valence-electron chi connectivity index (χ3n) is 4.51. The van der Waals surface area contributed by atoms with Gasteiger partial charge in [-0.1, -0.05) is 5.21 Å². The van der Waals surface area contributed by atoms with E-state index in [0.717, 1.165) is 22.9 Å². The molecule has 2 aliphatic rings. The fourth-order valence-electron chi connectivity index (χ4n) is 3.21. The zero-order valence-corrected chi connectivity index (χ0v) is 16.5. The van der Waals surface area contributed by atoms with Crippen LogP contribution >= 0.6 is 0 Å². The second-order valence-electron chi connectivity index (χ2n) is 5.81. The largest absolute Gasteiger partial charge is 1.00 e. The summed E-state index contributed by atoms with van der Waals surface area (Å²) in [6.45, 7) is 0.704. The van der Waals surface area contributed by atoms with Crippen molar-refractivity contribution in [2.24, 2.45) is 0 Å². The zero-order valence-electron chi connectivity index (χ0n) is 13.7. The number of carbonyl (C=O) groups is 3. The van der Waals surface area contributed by atoms with Gasteiger partial charge < -0.3 is 19.5 Å². The summed E-state index contributed by atoms with van der Waals surface area (Å²) in [5, 5.41) is 17.5. The minimum absolute atomic E-state index is 0. The molecule has 0 bridgehead atoms. The van der Waals surface area contributed by atoms with Crippen molar-refractivity contribution >= 4 is 27.7 Å². The molecule has 2 saturated heterocycles. The van der Waals surface area contributed by atoms with Gasteiger partial charge in [0.25, 0.3) is 0 Å². The van der Waals surface area contributed by atoms with E-state index in [1.807, 2.05) is 0 Å². The Morgan fingerprint density at radius 2 is 2.12 bits per heavy atom. The van der Waals surface area contributed by atoms with Gasteiger partial charge in [-0.05, 0) is 6.92 Å². The first-order chi connectivity index (χ1) is 11.1. The molecular formula is C12H13N4NaO7S. The van der Waals surface area contributed by atoms with Crippen LogP contribution in [0.2, 0.25) is 0 Å². The van der Waals surface area contributed by atoms with E-state index in [1.54, 1.807) is 0 Å². The number of ether oxygens (including phenoxy) is 1. The van der Waals surface area contributed by atoms with Gasteiger partial charge in [-0.2, -0.15) is 0 Å². The molecule has 0 unspecified atom stereocenters. The quantitative estimate of drug-likeness (QED) is 0.282. The van der Waals surface area contributed by atoms with Crippen LogP contribution < -0.4 is 34.7 Å². The monoisotopic (exact) mass is 380 g/mol. The number of carboxylic acids is 1. The molecule has 11 nitrogen and oxygen atoms in total. The van der Waals surface area contributed by atoms with Gasteiger partial charge >= 0.3 is 35.5 Å². The molecule has 0 radical (unpaired) electrons. The Kier molecular flexibility index (Phi) is 5.03. The Balaban J connectivity index is 0.00000225. The van der Waals surface area contributed by atoms with E-state index >= 15 is 0 Å². The van der Waals surface area contributed by atoms with Crippen LogP contribution in [0.25, 0.3) is 0 Å². The molecule has 0 N–H and O–H groups in total. The maximum Gasteiger partial charge on any atom is 1.00 e. The molecule has 3 rings (SSSR count). The summed E-state index contributed by atoms with van der Waals surface area (Å²) in [4.78, 5) is 35.7. The van der Waals surface area contributed by atoms with Crippen LogP contribution in [-0.2, 0) is 30.7 Å². The van der Waals surface area contributed by atoms with Gasteiger partial charge in [0.1, 0.15) is 10.1 Å².